The summed E-state index contributed by atoms with van der Waals surface area (Å²) in [5.41, 5.74) is 1.80. The van der Waals surface area contributed by atoms with Gasteiger partial charge >= 0.3 is 7.12 Å². The average Bonchev–Trinajstić information content (AvgIpc) is 2.77. The summed E-state index contributed by atoms with van der Waals surface area (Å²) in [7, 11) is -1.36. The SMILES string of the molecule is CCC1CCN(Cc2ccc(B(O)O)cc2)C1. The van der Waals surface area contributed by atoms with Crippen LogP contribution in [0.3, 0.4) is 0 Å². The normalized spacial score (nSPS) is 20.8. The van der Waals surface area contributed by atoms with Gasteiger partial charge in [0, 0.05) is 13.1 Å². The maximum Gasteiger partial charge on any atom is 0.488 e. The highest BCUT2D eigenvalue weighted by atomic mass is 16.4. The molecule has 0 aliphatic carbocycles. The Labute approximate surface area is 103 Å². The van der Waals surface area contributed by atoms with E-state index >= 15 is 0 Å². The maximum absolute atomic E-state index is 9.01. The lowest BCUT2D eigenvalue weighted by atomic mass is 9.80. The second-order valence-corrected chi connectivity index (χ2v) is 4.91. The van der Waals surface area contributed by atoms with Crippen LogP contribution in [0.25, 0.3) is 0 Å². The van der Waals surface area contributed by atoms with Crippen molar-refractivity contribution in [3.63, 3.8) is 0 Å². The first-order chi connectivity index (χ1) is 8.19. The standard InChI is InChI=1S/C13H20BNO2/c1-2-11-7-8-15(9-11)10-12-3-5-13(6-4-12)14(16)17/h3-6,11,16-17H,2,7-10H2,1H3. The Morgan fingerprint density at radius 2 is 2.00 bits per heavy atom. The fourth-order valence-corrected chi connectivity index (χ4v) is 2.44. The molecule has 0 spiro atoms. The van der Waals surface area contributed by atoms with Crippen LogP contribution in [0.15, 0.2) is 24.3 Å². The lowest BCUT2D eigenvalue weighted by molar-refractivity contribution is 0.315. The van der Waals surface area contributed by atoms with Crippen molar-refractivity contribution in [3.8, 4) is 0 Å². The van der Waals surface area contributed by atoms with Gasteiger partial charge in [-0.1, -0.05) is 37.6 Å². The third kappa shape index (κ3) is 3.31. The van der Waals surface area contributed by atoms with Crippen LogP contribution in [0.4, 0.5) is 0 Å². The van der Waals surface area contributed by atoms with Gasteiger partial charge in [-0.2, -0.15) is 0 Å². The van der Waals surface area contributed by atoms with Gasteiger partial charge < -0.3 is 10.0 Å². The van der Waals surface area contributed by atoms with Gasteiger partial charge in [-0.25, -0.2) is 0 Å². The largest absolute Gasteiger partial charge is 0.488 e. The van der Waals surface area contributed by atoms with Gasteiger partial charge in [-0.05, 0) is 29.9 Å². The van der Waals surface area contributed by atoms with Crippen molar-refractivity contribution in [1.82, 2.24) is 4.90 Å². The Kier molecular flexibility index (Phi) is 4.21. The van der Waals surface area contributed by atoms with E-state index in [9.17, 15) is 0 Å². The van der Waals surface area contributed by atoms with E-state index in [2.05, 4.69) is 11.8 Å². The molecule has 1 aromatic rings. The Bertz CT molecular complexity index is 353. The van der Waals surface area contributed by atoms with E-state index in [1.54, 1.807) is 12.1 Å². The molecule has 0 saturated carbocycles. The van der Waals surface area contributed by atoms with Crippen molar-refractivity contribution in [2.75, 3.05) is 13.1 Å². The zero-order valence-electron chi connectivity index (χ0n) is 10.3. The number of rotatable bonds is 4. The predicted molar refractivity (Wildman–Crippen MR) is 69.9 cm³/mol. The zero-order chi connectivity index (χ0) is 12.3. The lowest BCUT2D eigenvalue weighted by Crippen LogP contribution is -2.29. The smallest absolute Gasteiger partial charge is 0.423 e. The minimum atomic E-state index is -1.36. The Hall–Kier alpha value is -0.835. The molecule has 2 rings (SSSR count). The first-order valence-electron chi connectivity index (χ1n) is 6.36. The molecule has 1 aromatic carbocycles. The molecule has 0 aromatic heterocycles. The highest BCUT2D eigenvalue weighted by Gasteiger charge is 2.20. The summed E-state index contributed by atoms with van der Waals surface area (Å²) in [5.74, 6) is 0.855. The van der Waals surface area contributed by atoms with Crippen LogP contribution in [-0.2, 0) is 6.54 Å². The molecule has 0 amide bonds. The van der Waals surface area contributed by atoms with Gasteiger partial charge in [0.25, 0.3) is 0 Å². The molecule has 1 unspecified atom stereocenters. The van der Waals surface area contributed by atoms with Gasteiger partial charge in [-0.15, -0.1) is 0 Å². The van der Waals surface area contributed by atoms with Crippen LogP contribution in [-0.4, -0.2) is 35.2 Å². The Morgan fingerprint density at radius 1 is 1.29 bits per heavy atom. The van der Waals surface area contributed by atoms with Gasteiger partial charge in [0.15, 0.2) is 0 Å². The van der Waals surface area contributed by atoms with E-state index in [4.69, 9.17) is 10.0 Å². The van der Waals surface area contributed by atoms with Crippen molar-refractivity contribution in [2.24, 2.45) is 5.92 Å². The van der Waals surface area contributed by atoms with Crippen LogP contribution in [0, 0.1) is 5.92 Å². The second kappa shape index (κ2) is 5.67. The van der Waals surface area contributed by atoms with E-state index in [1.165, 1.54) is 31.5 Å². The quantitative estimate of drug-likeness (QED) is 0.748. The van der Waals surface area contributed by atoms with Crippen molar-refractivity contribution >= 4 is 12.6 Å². The topological polar surface area (TPSA) is 43.7 Å². The number of likely N-dealkylation sites (tertiary alicyclic amines) is 1. The fraction of sp³-hybridized carbons (Fsp3) is 0.538. The molecule has 2 N–H and O–H groups in total. The van der Waals surface area contributed by atoms with Crippen molar-refractivity contribution < 1.29 is 10.0 Å². The number of hydrogen-bond acceptors (Lipinski definition) is 3. The van der Waals surface area contributed by atoms with Gasteiger partial charge in [0.2, 0.25) is 0 Å². The molecule has 1 aliphatic rings. The molecule has 0 bridgehead atoms. The van der Waals surface area contributed by atoms with E-state index in [1.807, 2.05) is 12.1 Å². The fourth-order valence-electron chi connectivity index (χ4n) is 2.44. The van der Waals surface area contributed by atoms with E-state index in [0.717, 1.165) is 12.5 Å². The average molecular weight is 233 g/mol. The summed E-state index contributed by atoms with van der Waals surface area (Å²) in [4.78, 5) is 2.47. The molecule has 3 nitrogen and oxygen atoms in total. The third-order valence-corrected chi connectivity index (χ3v) is 3.63. The van der Waals surface area contributed by atoms with Crippen molar-refractivity contribution in [2.45, 2.75) is 26.3 Å². The number of nitrogens with zero attached hydrogens (tertiary/aromatic N) is 1. The number of hydrogen-bond donors (Lipinski definition) is 2. The van der Waals surface area contributed by atoms with Gasteiger partial charge in [-0.3, -0.25) is 4.90 Å². The molecular formula is C13H20BNO2. The molecule has 1 aliphatic heterocycles. The molecule has 4 heteroatoms. The monoisotopic (exact) mass is 233 g/mol. The van der Waals surface area contributed by atoms with Crippen LogP contribution < -0.4 is 5.46 Å². The molecule has 92 valence electrons. The molecule has 1 heterocycles. The predicted octanol–water partition coefficient (Wildman–Crippen LogP) is 0.598. The Morgan fingerprint density at radius 3 is 2.53 bits per heavy atom. The van der Waals surface area contributed by atoms with E-state index < -0.39 is 7.12 Å². The zero-order valence-corrected chi connectivity index (χ0v) is 10.3. The minimum Gasteiger partial charge on any atom is -0.423 e. The third-order valence-electron chi connectivity index (χ3n) is 3.63. The maximum atomic E-state index is 9.01. The van der Waals surface area contributed by atoms with Crippen LogP contribution in [0.5, 0.6) is 0 Å². The van der Waals surface area contributed by atoms with Crippen LogP contribution >= 0.6 is 0 Å². The van der Waals surface area contributed by atoms with Gasteiger partial charge in [0.1, 0.15) is 0 Å². The summed E-state index contributed by atoms with van der Waals surface area (Å²) in [6.07, 6.45) is 2.58. The highest BCUT2D eigenvalue weighted by Crippen LogP contribution is 2.20. The minimum absolute atomic E-state index is 0.557. The van der Waals surface area contributed by atoms with Crippen LogP contribution in [0.1, 0.15) is 25.3 Å². The summed E-state index contributed by atoms with van der Waals surface area (Å²) in [6.45, 7) is 5.60. The van der Waals surface area contributed by atoms with Gasteiger partial charge in [0.05, 0.1) is 0 Å². The highest BCUT2D eigenvalue weighted by molar-refractivity contribution is 6.58. The van der Waals surface area contributed by atoms with E-state index in [0.29, 0.717) is 5.46 Å². The first kappa shape index (κ1) is 12.6. The summed E-state index contributed by atoms with van der Waals surface area (Å²) < 4.78 is 0. The molecular weight excluding hydrogens is 213 g/mol. The molecule has 1 fully saturated rings. The second-order valence-electron chi connectivity index (χ2n) is 4.91. The van der Waals surface area contributed by atoms with Crippen molar-refractivity contribution in [1.29, 1.82) is 0 Å². The van der Waals surface area contributed by atoms with Crippen molar-refractivity contribution in [3.05, 3.63) is 29.8 Å². The van der Waals surface area contributed by atoms with Crippen LogP contribution in [0.2, 0.25) is 0 Å². The van der Waals surface area contributed by atoms with E-state index in [-0.39, 0.29) is 0 Å². The first-order valence-corrected chi connectivity index (χ1v) is 6.36. The number of benzene rings is 1. The lowest BCUT2D eigenvalue weighted by Gasteiger charge is -2.15. The molecule has 1 atom stereocenters. The molecule has 17 heavy (non-hydrogen) atoms. The molecule has 1 saturated heterocycles. The molecule has 0 radical (unpaired) electrons. The Balaban J connectivity index is 1.91. The summed E-state index contributed by atoms with van der Waals surface area (Å²) in [5, 5.41) is 18.0. The summed E-state index contributed by atoms with van der Waals surface area (Å²) >= 11 is 0. The summed E-state index contributed by atoms with van der Waals surface area (Å²) in [6, 6.07) is 7.53.